The third-order valence-corrected chi connectivity index (χ3v) is 6.39. The number of hydrogen-bond acceptors (Lipinski definition) is 4. The molecular formula is C31H40N2O3. The SMILES string of the molecule is C=C(NCc1cccc2c1C(=C)N(C1CCC(=O)CC(C)C1=O)C2=O)c1cccc(C)c1.CC.CC. The Kier molecular flexibility index (Phi) is 10.4. The molecule has 0 saturated heterocycles. The lowest BCUT2D eigenvalue weighted by atomic mass is 9.97. The van der Waals surface area contributed by atoms with Crippen LogP contribution in [0.2, 0.25) is 0 Å². The maximum atomic E-state index is 13.3. The van der Waals surface area contributed by atoms with Crippen molar-refractivity contribution in [3.8, 4) is 0 Å². The van der Waals surface area contributed by atoms with Crippen molar-refractivity contribution in [2.24, 2.45) is 5.92 Å². The first kappa shape index (κ1) is 28.8. The highest BCUT2D eigenvalue weighted by Crippen LogP contribution is 2.38. The van der Waals surface area contributed by atoms with Gasteiger partial charge in [0.05, 0.1) is 6.04 Å². The summed E-state index contributed by atoms with van der Waals surface area (Å²) in [6, 6.07) is 13.0. The fraction of sp³-hybridized carbons (Fsp3) is 0.387. The molecule has 2 aromatic rings. The van der Waals surface area contributed by atoms with Crippen LogP contribution in [0, 0.1) is 12.8 Å². The Balaban J connectivity index is 0.00000109. The fourth-order valence-corrected chi connectivity index (χ4v) is 4.67. The summed E-state index contributed by atoms with van der Waals surface area (Å²) >= 11 is 0. The van der Waals surface area contributed by atoms with Crippen LogP contribution < -0.4 is 5.32 Å². The number of carbonyl (C=O) groups is 3. The maximum Gasteiger partial charge on any atom is 0.259 e. The normalized spacial score (nSPS) is 18.9. The van der Waals surface area contributed by atoms with E-state index in [9.17, 15) is 14.4 Å². The van der Waals surface area contributed by atoms with Crippen LogP contribution >= 0.6 is 0 Å². The quantitative estimate of drug-likeness (QED) is 0.484. The van der Waals surface area contributed by atoms with Crippen molar-refractivity contribution in [2.45, 2.75) is 73.4 Å². The molecule has 2 aromatic carbocycles. The number of fused-ring (bicyclic) bond motifs is 1. The summed E-state index contributed by atoms with van der Waals surface area (Å²) in [5.41, 5.74) is 5.72. The van der Waals surface area contributed by atoms with Gasteiger partial charge in [0.1, 0.15) is 5.78 Å². The lowest BCUT2D eigenvalue weighted by Crippen LogP contribution is -2.42. The van der Waals surface area contributed by atoms with Gasteiger partial charge < -0.3 is 5.32 Å². The van der Waals surface area contributed by atoms with E-state index in [-0.39, 0.29) is 23.9 Å². The number of aryl methyl sites for hydroxylation is 1. The summed E-state index contributed by atoms with van der Waals surface area (Å²) in [6.07, 6.45) is 0.893. The van der Waals surface area contributed by atoms with Gasteiger partial charge in [-0.3, -0.25) is 19.3 Å². The molecule has 0 aromatic heterocycles. The van der Waals surface area contributed by atoms with E-state index < -0.39 is 12.0 Å². The molecule has 1 amide bonds. The van der Waals surface area contributed by atoms with Crippen LogP contribution in [0.4, 0.5) is 0 Å². The smallest absolute Gasteiger partial charge is 0.259 e. The van der Waals surface area contributed by atoms with Crippen LogP contribution in [0.1, 0.15) is 86.5 Å². The molecule has 36 heavy (non-hydrogen) atoms. The first-order valence-electron chi connectivity index (χ1n) is 13.0. The summed E-state index contributed by atoms with van der Waals surface area (Å²) in [5, 5.41) is 3.36. The van der Waals surface area contributed by atoms with Gasteiger partial charge in [-0.1, -0.05) is 83.7 Å². The van der Waals surface area contributed by atoms with Crippen LogP contribution in [-0.2, 0) is 16.1 Å². The van der Waals surface area contributed by atoms with Crippen molar-refractivity contribution < 1.29 is 14.4 Å². The predicted octanol–water partition coefficient (Wildman–Crippen LogP) is 6.56. The second-order valence-corrected chi connectivity index (χ2v) is 8.76. The lowest BCUT2D eigenvalue weighted by Gasteiger charge is -2.28. The molecule has 2 unspecified atom stereocenters. The second-order valence-electron chi connectivity index (χ2n) is 8.76. The maximum absolute atomic E-state index is 13.3. The number of benzene rings is 2. The molecule has 2 atom stereocenters. The summed E-state index contributed by atoms with van der Waals surface area (Å²) in [7, 11) is 0. The van der Waals surface area contributed by atoms with Crippen molar-refractivity contribution in [3.05, 3.63) is 83.4 Å². The zero-order chi connectivity index (χ0) is 27.0. The molecule has 1 N–H and O–H groups in total. The standard InChI is InChI=1S/C27H28N2O3.2C2H6/c1-16-7-5-8-20(13-16)18(3)28-15-21-9-6-10-23-25(21)19(4)29(27(23)32)24-12-11-22(30)14-17(2)26(24)31;2*1-2/h5-10,13,17,24,28H,3-4,11-12,14-15H2,1-2H3;2*1-2H3. The molecule has 2 aliphatic rings. The number of carbonyl (C=O) groups excluding carboxylic acids is 3. The van der Waals surface area contributed by atoms with Crippen LogP contribution in [0.25, 0.3) is 11.4 Å². The number of nitrogens with one attached hydrogen (secondary N) is 1. The van der Waals surface area contributed by atoms with Crippen LogP contribution in [0.15, 0.2) is 55.6 Å². The number of nitrogens with zero attached hydrogens (tertiary/aromatic N) is 1. The topological polar surface area (TPSA) is 66.5 Å². The van der Waals surface area contributed by atoms with E-state index in [2.05, 4.69) is 24.5 Å². The summed E-state index contributed by atoms with van der Waals surface area (Å²) in [6.45, 7) is 20.6. The molecule has 1 saturated carbocycles. The van der Waals surface area contributed by atoms with E-state index in [1.807, 2.05) is 65.0 Å². The average Bonchev–Trinajstić information content (AvgIpc) is 3.07. The molecule has 1 heterocycles. The van der Waals surface area contributed by atoms with E-state index in [1.54, 1.807) is 13.0 Å². The van der Waals surface area contributed by atoms with Gasteiger partial charge in [-0.05, 0) is 36.6 Å². The van der Waals surface area contributed by atoms with Crippen molar-refractivity contribution in [1.82, 2.24) is 10.2 Å². The highest BCUT2D eigenvalue weighted by molar-refractivity contribution is 6.12. The first-order chi connectivity index (χ1) is 17.3. The fourth-order valence-electron chi connectivity index (χ4n) is 4.67. The van der Waals surface area contributed by atoms with E-state index in [0.717, 1.165) is 28.0 Å². The van der Waals surface area contributed by atoms with Crippen LogP contribution in [-0.4, -0.2) is 28.4 Å². The van der Waals surface area contributed by atoms with Gasteiger partial charge in [0.25, 0.3) is 5.91 Å². The Labute approximate surface area is 216 Å². The number of ketones is 2. The molecule has 192 valence electrons. The minimum atomic E-state index is -0.646. The van der Waals surface area contributed by atoms with Crippen molar-refractivity contribution in [2.75, 3.05) is 0 Å². The van der Waals surface area contributed by atoms with E-state index in [1.165, 1.54) is 4.90 Å². The molecule has 0 spiro atoms. The van der Waals surface area contributed by atoms with Gasteiger partial charge in [-0.15, -0.1) is 0 Å². The monoisotopic (exact) mass is 488 g/mol. The Hall–Kier alpha value is -3.47. The van der Waals surface area contributed by atoms with Crippen LogP contribution in [0.5, 0.6) is 0 Å². The molecule has 0 bridgehead atoms. The zero-order valence-electron chi connectivity index (χ0n) is 22.6. The third kappa shape index (κ3) is 6.01. The molecule has 1 fully saturated rings. The van der Waals surface area contributed by atoms with E-state index >= 15 is 0 Å². The molecule has 1 aliphatic carbocycles. The van der Waals surface area contributed by atoms with E-state index in [0.29, 0.717) is 30.6 Å². The van der Waals surface area contributed by atoms with E-state index in [4.69, 9.17) is 0 Å². The Bertz CT molecular complexity index is 1150. The minimum Gasteiger partial charge on any atom is -0.381 e. The van der Waals surface area contributed by atoms with Gasteiger partial charge in [0.15, 0.2) is 5.78 Å². The summed E-state index contributed by atoms with van der Waals surface area (Å²) in [4.78, 5) is 39.8. The molecule has 0 radical (unpaired) electrons. The lowest BCUT2D eigenvalue weighted by molar-refractivity contribution is -0.127. The van der Waals surface area contributed by atoms with Gasteiger partial charge in [-0.2, -0.15) is 0 Å². The Morgan fingerprint density at radius 3 is 2.39 bits per heavy atom. The average molecular weight is 489 g/mol. The molecule has 4 rings (SSSR count). The molecule has 5 nitrogen and oxygen atoms in total. The van der Waals surface area contributed by atoms with Gasteiger partial charge in [0, 0.05) is 47.8 Å². The number of hydrogen-bond donors (Lipinski definition) is 1. The largest absolute Gasteiger partial charge is 0.381 e. The molecular weight excluding hydrogens is 448 g/mol. The predicted molar refractivity (Wildman–Crippen MR) is 148 cm³/mol. The summed E-state index contributed by atoms with van der Waals surface area (Å²) in [5.74, 6) is -0.601. The van der Waals surface area contributed by atoms with Gasteiger partial charge >= 0.3 is 0 Å². The minimum absolute atomic E-state index is 0.0642. The Morgan fingerprint density at radius 1 is 1.06 bits per heavy atom. The highest BCUT2D eigenvalue weighted by atomic mass is 16.2. The van der Waals surface area contributed by atoms with Crippen molar-refractivity contribution in [3.63, 3.8) is 0 Å². The van der Waals surface area contributed by atoms with Gasteiger partial charge in [0.2, 0.25) is 0 Å². The van der Waals surface area contributed by atoms with Crippen molar-refractivity contribution >= 4 is 28.9 Å². The summed E-state index contributed by atoms with van der Waals surface area (Å²) < 4.78 is 0. The Morgan fingerprint density at radius 2 is 1.72 bits per heavy atom. The van der Waals surface area contributed by atoms with Crippen molar-refractivity contribution in [1.29, 1.82) is 0 Å². The number of amides is 1. The number of Topliss-reactive ketones (excluding diaryl/α,β-unsaturated/α-hetero) is 2. The third-order valence-electron chi connectivity index (χ3n) is 6.39. The second kappa shape index (κ2) is 13.0. The van der Waals surface area contributed by atoms with Crippen LogP contribution in [0.3, 0.4) is 0 Å². The van der Waals surface area contributed by atoms with Gasteiger partial charge in [-0.25, -0.2) is 0 Å². The molecule has 1 aliphatic heterocycles. The number of rotatable bonds is 5. The zero-order valence-corrected chi connectivity index (χ0v) is 22.6. The molecule has 5 heteroatoms. The first-order valence-corrected chi connectivity index (χ1v) is 13.0. The highest BCUT2D eigenvalue weighted by Gasteiger charge is 2.42.